The van der Waals surface area contributed by atoms with Gasteiger partial charge in [-0.05, 0) is 24.9 Å². The minimum Gasteiger partial charge on any atom is -0.508 e. The van der Waals surface area contributed by atoms with E-state index in [0.717, 1.165) is 24.6 Å². The van der Waals surface area contributed by atoms with Gasteiger partial charge in [0.2, 0.25) is 0 Å². The summed E-state index contributed by atoms with van der Waals surface area (Å²) in [6.45, 7) is 1.85. The monoisotopic (exact) mass is 233 g/mol. The molecule has 0 aromatic heterocycles. The van der Waals surface area contributed by atoms with Crippen LogP contribution in [0.15, 0.2) is 24.3 Å². The third-order valence-electron chi connectivity index (χ3n) is 3.76. The molecule has 0 atom stereocenters. The first-order valence-electron chi connectivity index (χ1n) is 6.84. The maximum absolute atomic E-state index is 9.62. The zero-order valence-electron chi connectivity index (χ0n) is 10.5. The molecule has 1 aromatic carbocycles. The molecule has 0 bridgehead atoms. The Morgan fingerprint density at radius 1 is 1.12 bits per heavy atom. The van der Waals surface area contributed by atoms with E-state index in [1.54, 1.807) is 6.07 Å². The van der Waals surface area contributed by atoms with E-state index in [1.165, 1.54) is 38.5 Å². The zero-order valence-corrected chi connectivity index (χ0v) is 10.5. The maximum Gasteiger partial charge on any atom is 0.120 e. The minimum atomic E-state index is 0.401. The topological polar surface area (TPSA) is 32.3 Å². The lowest BCUT2D eigenvalue weighted by Gasteiger charge is -2.21. The van der Waals surface area contributed by atoms with Crippen molar-refractivity contribution in [1.82, 2.24) is 5.32 Å². The fraction of sp³-hybridized carbons (Fsp3) is 0.600. The first-order chi connectivity index (χ1) is 8.36. The van der Waals surface area contributed by atoms with Gasteiger partial charge in [0, 0.05) is 12.1 Å². The third-order valence-corrected chi connectivity index (χ3v) is 3.76. The van der Waals surface area contributed by atoms with Gasteiger partial charge in [-0.3, -0.25) is 0 Å². The van der Waals surface area contributed by atoms with E-state index in [9.17, 15) is 5.11 Å². The summed E-state index contributed by atoms with van der Waals surface area (Å²) in [5.74, 6) is 1.33. The quantitative estimate of drug-likeness (QED) is 0.763. The molecule has 2 N–H and O–H groups in total. The number of phenolic OH excluding ortho intramolecular Hbond substituents is 1. The van der Waals surface area contributed by atoms with Gasteiger partial charge in [-0.15, -0.1) is 0 Å². The molecule has 2 nitrogen and oxygen atoms in total. The van der Waals surface area contributed by atoms with Crippen molar-refractivity contribution in [1.29, 1.82) is 0 Å². The Morgan fingerprint density at radius 3 is 2.65 bits per heavy atom. The molecule has 1 saturated carbocycles. The molecule has 0 spiro atoms. The highest BCUT2D eigenvalue weighted by atomic mass is 16.3. The summed E-state index contributed by atoms with van der Waals surface area (Å²) in [4.78, 5) is 0. The summed E-state index contributed by atoms with van der Waals surface area (Å²) >= 11 is 0. The van der Waals surface area contributed by atoms with E-state index in [1.807, 2.05) is 18.2 Å². The van der Waals surface area contributed by atoms with Crippen molar-refractivity contribution >= 4 is 0 Å². The Hall–Kier alpha value is -1.02. The summed E-state index contributed by atoms with van der Waals surface area (Å²) in [5, 5.41) is 13.0. The lowest BCUT2D eigenvalue weighted by atomic mass is 9.87. The van der Waals surface area contributed by atoms with E-state index < -0.39 is 0 Å². The van der Waals surface area contributed by atoms with Crippen molar-refractivity contribution in [3.8, 4) is 5.75 Å². The van der Waals surface area contributed by atoms with Crippen LogP contribution in [0.25, 0.3) is 0 Å². The van der Waals surface area contributed by atoms with Crippen LogP contribution in [0.2, 0.25) is 0 Å². The molecule has 94 valence electrons. The van der Waals surface area contributed by atoms with Gasteiger partial charge in [0.15, 0.2) is 0 Å². The SMILES string of the molecule is Oc1ccccc1CNCCC1CCCCC1. The molecule has 1 aliphatic rings. The molecule has 0 aliphatic heterocycles. The number of hydrogen-bond acceptors (Lipinski definition) is 2. The molecular formula is C15H23NO. The van der Waals surface area contributed by atoms with Crippen LogP contribution in [-0.2, 0) is 6.54 Å². The summed E-state index contributed by atoms with van der Waals surface area (Å²) in [5.41, 5.74) is 0.996. The number of aromatic hydroxyl groups is 1. The van der Waals surface area contributed by atoms with Gasteiger partial charge in [0.1, 0.15) is 5.75 Å². The van der Waals surface area contributed by atoms with Crippen LogP contribution < -0.4 is 5.32 Å². The van der Waals surface area contributed by atoms with Crippen LogP contribution in [0, 0.1) is 5.92 Å². The number of rotatable bonds is 5. The van der Waals surface area contributed by atoms with E-state index in [-0.39, 0.29) is 0 Å². The number of hydrogen-bond donors (Lipinski definition) is 2. The molecule has 1 fully saturated rings. The van der Waals surface area contributed by atoms with Crippen molar-refractivity contribution in [3.05, 3.63) is 29.8 Å². The lowest BCUT2D eigenvalue weighted by molar-refractivity contribution is 0.333. The van der Waals surface area contributed by atoms with Crippen molar-refractivity contribution in [2.24, 2.45) is 5.92 Å². The number of benzene rings is 1. The number of para-hydroxylation sites is 1. The van der Waals surface area contributed by atoms with Gasteiger partial charge in [-0.25, -0.2) is 0 Å². The molecule has 17 heavy (non-hydrogen) atoms. The van der Waals surface area contributed by atoms with Gasteiger partial charge >= 0.3 is 0 Å². The van der Waals surface area contributed by atoms with Gasteiger partial charge in [-0.2, -0.15) is 0 Å². The second kappa shape index (κ2) is 6.65. The Morgan fingerprint density at radius 2 is 1.88 bits per heavy atom. The second-order valence-corrected chi connectivity index (χ2v) is 5.10. The van der Waals surface area contributed by atoms with Crippen LogP contribution in [0.3, 0.4) is 0 Å². The van der Waals surface area contributed by atoms with Gasteiger partial charge < -0.3 is 10.4 Å². The fourth-order valence-electron chi connectivity index (χ4n) is 2.67. The smallest absolute Gasteiger partial charge is 0.120 e. The Bertz CT molecular complexity index is 331. The van der Waals surface area contributed by atoms with Crippen molar-refractivity contribution in [3.63, 3.8) is 0 Å². The second-order valence-electron chi connectivity index (χ2n) is 5.10. The summed E-state index contributed by atoms with van der Waals surface area (Å²) < 4.78 is 0. The van der Waals surface area contributed by atoms with Crippen molar-refractivity contribution in [2.45, 2.75) is 45.1 Å². The summed E-state index contributed by atoms with van der Waals surface area (Å²) in [6, 6.07) is 7.56. The molecular weight excluding hydrogens is 210 g/mol. The van der Waals surface area contributed by atoms with Crippen LogP contribution in [0.4, 0.5) is 0 Å². The molecule has 1 aliphatic carbocycles. The largest absolute Gasteiger partial charge is 0.508 e. The predicted octanol–water partition coefficient (Wildman–Crippen LogP) is 3.45. The Balaban J connectivity index is 1.64. The summed E-state index contributed by atoms with van der Waals surface area (Å²) in [7, 11) is 0. The van der Waals surface area contributed by atoms with Gasteiger partial charge in [0.25, 0.3) is 0 Å². The Kier molecular flexibility index (Phi) is 4.87. The number of nitrogens with one attached hydrogen (secondary N) is 1. The van der Waals surface area contributed by atoms with E-state index in [4.69, 9.17) is 0 Å². The zero-order chi connectivity index (χ0) is 11.9. The Labute approximate surface area is 104 Å². The van der Waals surface area contributed by atoms with Crippen LogP contribution >= 0.6 is 0 Å². The van der Waals surface area contributed by atoms with E-state index >= 15 is 0 Å². The molecule has 2 rings (SSSR count). The third kappa shape index (κ3) is 4.04. The first-order valence-corrected chi connectivity index (χ1v) is 6.84. The van der Waals surface area contributed by atoms with Crippen molar-refractivity contribution in [2.75, 3.05) is 6.54 Å². The van der Waals surface area contributed by atoms with E-state index in [2.05, 4.69) is 5.32 Å². The standard InChI is InChI=1S/C15H23NO/c17-15-9-5-4-8-14(15)12-16-11-10-13-6-2-1-3-7-13/h4-5,8-9,13,16-17H,1-3,6-7,10-12H2. The highest BCUT2D eigenvalue weighted by Gasteiger charge is 2.12. The van der Waals surface area contributed by atoms with E-state index in [0.29, 0.717) is 5.75 Å². The van der Waals surface area contributed by atoms with Crippen molar-refractivity contribution < 1.29 is 5.11 Å². The molecule has 2 heteroatoms. The average Bonchev–Trinajstić information content (AvgIpc) is 2.38. The molecule has 0 radical (unpaired) electrons. The predicted molar refractivity (Wildman–Crippen MR) is 71.0 cm³/mol. The van der Waals surface area contributed by atoms with Crippen LogP contribution in [0.1, 0.15) is 44.1 Å². The molecule has 1 aromatic rings. The van der Waals surface area contributed by atoms with Gasteiger partial charge in [-0.1, -0.05) is 50.3 Å². The van der Waals surface area contributed by atoms with Crippen LogP contribution in [-0.4, -0.2) is 11.7 Å². The summed E-state index contributed by atoms with van der Waals surface area (Å²) in [6.07, 6.45) is 8.39. The molecule has 0 unspecified atom stereocenters. The molecule has 0 saturated heterocycles. The highest BCUT2D eigenvalue weighted by molar-refractivity contribution is 5.31. The highest BCUT2D eigenvalue weighted by Crippen LogP contribution is 2.25. The maximum atomic E-state index is 9.62. The van der Waals surface area contributed by atoms with Gasteiger partial charge in [0.05, 0.1) is 0 Å². The normalized spacial score (nSPS) is 17.2. The molecule has 0 heterocycles. The first kappa shape index (κ1) is 12.4. The lowest BCUT2D eigenvalue weighted by Crippen LogP contribution is -2.19. The minimum absolute atomic E-state index is 0.401. The molecule has 0 amide bonds. The fourth-order valence-corrected chi connectivity index (χ4v) is 2.67. The van der Waals surface area contributed by atoms with Crippen LogP contribution in [0.5, 0.6) is 5.75 Å². The number of phenols is 1. The average molecular weight is 233 g/mol.